The molecule has 0 saturated carbocycles. The summed E-state index contributed by atoms with van der Waals surface area (Å²) < 4.78 is 22.7. The predicted octanol–water partition coefficient (Wildman–Crippen LogP) is 1.53. The van der Waals surface area contributed by atoms with Crippen LogP contribution in [0.25, 0.3) is 0 Å². The van der Waals surface area contributed by atoms with Crippen molar-refractivity contribution in [2.45, 2.75) is 12.8 Å². The van der Waals surface area contributed by atoms with E-state index < -0.39 is 9.84 Å². The minimum Gasteiger partial charge on any atom is -0.397 e. The zero-order valence-electron chi connectivity index (χ0n) is 10.7. The Hall–Kier alpha value is -1.23. The van der Waals surface area contributed by atoms with E-state index in [4.69, 9.17) is 5.73 Å². The molecule has 2 N–H and O–H groups in total. The van der Waals surface area contributed by atoms with Crippen LogP contribution >= 0.6 is 0 Å². The van der Waals surface area contributed by atoms with Gasteiger partial charge in [-0.1, -0.05) is 12.1 Å². The summed E-state index contributed by atoms with van der Waals surface area (Å²) in [6.45, 7) is 1.73. The lowest BCUT2D eigenvalue weighted by atomic mass is 9.99. The van der Waals surface area contributed by atoms with Gasteiger partial charge in [0.15, 0.2) is 0 Å². The Morgan fingerprint density at radius 3 is 2.78 bits per heavy atom. The minimum atomic E-state index is -2.90. The summed E-state index contributed by atoms with van der Waals surface area (Å²) in [5, 5.41) is 0. The quantitative estimate of drug-likeness (QED) is 0.844. The van der Waals surface area contributed by atoms with Crippen LogP contribution in [0, 0.1) is 5.92 Å². The van der Waals surface area contributed by atoms with Gasteiger partial charge in [-0.25, -0.2) is 8.42 Å². The van der Waals surface area contributed by atoms with Gasteiger partial charge >= 0.3 is 0 Å². The lowest BCUT2D eigenvalue weighted by Gasteiger charge is -2.34. The molecule has 0 aliphatic carbocycles. The molecule has 1 unspecified atom stereocenters. The molecule has 1 heterocycles. The maximum Gasteiger partial charge on any atom is 0.147 e. The average molecular weight is 268 g/mol. The van der Waals surface area contributed by atoms with Crippen LogP contribution in [0.4, 0.5) is 11.4 Å². The number of hydrogen-bond acceptors (Lipinski definition) is 4. The second-order valence-electron chi connectivity index (χ2n) is 5.11. The van der Waals surface area contributed by atoms with Crippen LogP contribution in [0.2, 0.25) is 0 Å². The highest BCUT2D eigenvalue weighted by Gasteiger charge is 2.24. The van der Waals surface area contributed by atoms with E-state index in [1.54, 1.807) is 0 Å². The fourth-order valence-corrected chi connectivity index (χ4v) is 3.75. The molecule has 2 rings (SSSR count). The molecule has 1 aromatic carbocycles. The molecule has 1 aromatic rings. The van der Waals surface area contributed by atoms with Crippen molar-refractivity contribution in [3.63, 3.8) is 0 Å². The lowest BCUT2D eigenvalue weighted by molar-refractivity contribution is 0.445. The Morgan fingerprint density at radius 1 is 1.39 bits per heavy atom. The topological polar surface area (TPSA) is 63.4 Å². The van der Waals surface area contributed by atoms with E-state index in [0.29, 0.717) is 0 Å². The number of hydrogen-bond donors (Lipinski definition) is 1. The van der Waals surface area contributed by atoms with Gasteiger partial charge < -0.3 is 10.6 Å². The summed E-state index contributed by atoms with van der Waals surface area (Å²) in [5.74, 6) is 0.490. The first-order valence-electron chi connectivity index (χ1n) is 6.23. The molecule has 4 nitrogen and oxygen atoms in total. The smallest absolute Gasteiger partial charge is 0.147 e. The summed E-state index contributed by atoms with van der Waals surface area (Å²) in [6.07, 6.45) is 3.31. The lowest BCUT2D eigenvalue weighted by Crippen LogP contribution is -2.38. The van der Waals surface area contributed by atoms with E-state index in [9.17, 15) is 8.42 Å². The van der Waals surface area contributed by atoms with Gasteiger partial charge in [-0.05, 0) is 30.9 Å². The second-order valence-corrected chi connectivity index (χ2v) is 7.29. The van der Waals surface area contributed by atoms with Crippen molar-refractivity contribution in [1.29, 1.82) is 0 Å². The molecule has 1 aliphatic rings. The highest BCUT2D eigenvalue weighted by atomic mass is 32.2. The molecule has 0 amide bonds. The van der Waals surface area contributed by atoms with Crippen LogP contribution in [0.1, 0.15) is 12.8 Å². The molecule has 0 aromatic heterocycles. The van der Waals surface area contributed by atoms with Gasteiger partial charge in [-0.2, -0.15) is 0 Å². The Kier molecular flexibility index (Phi) is 3.80. The van der Waals surface area contributed by atoms with Crippen molar-refractivity contribution in [2.75, 3.05) is 35.7 Å². The van der Waals surface area contributed by atoms with E-state index in [0.717, 1.165) is 37.3 Å². The largest absolute Gasteiger partial charge is 0.397 e. The molecular formula is C13H20N2O2S. The first-order chi connectivity index (χ1) is 8.46. The van der Waals surface area contributed by atoms with E-state index in [1.165, 1.54) is 6.26 Å². The number of sulfone groups is 1. The minimum absolute atomic E-state index is 0.216. The SMILES string of the molecule is CS(=O)(=O)CC1CCCN(c2ccccc2N)C1. The average Bonchev–Trinajstić information content (AvgIpc) is 2.27. The van der Waals surface area contributed by atoms with Gasteiger partial charge in [0.2, 0.25) is 0 Å². The molecule has 1 fully saturated rings. The van der Waals surface area contributed by atoms with Gasteiger partial charge in [0, 0.05) is 19.3 Å². The maximum absolute atomic E-state index is 11.4. The third-order valence-corrected chi connectivity index (χ3v) is 4.41. The van der Waals surface area contributed by atoms with Crippen molar-refractivity contribution in [2.24, 2.45) is 5.92 Å². The molecule has 1 saturated heterocycles. The van der Waals surface area contributed by atoms with Gasteiger partial charge in [-0.15, -0.1) is 0 Å². The van der Waals surface area contributed by atoms with E-state index >= 15 is 0 Å². The number of benzene rings is 1. The summed E-state index contributed by atoms with van der Waals surface area (Å²) in [7, 11) is -2.90. The third-order valence-electron chi connectivity index (χ3n) is 3.33. The number of nitrogens with zero attached hydrogens (tertiary/aromatic N) is 1. The number of anilines is 2. The Bertz CT molecular complexity index is 513. The third kappa shape index (κ3) is 3.38. The fraction of sp³-hybridized carbons (Fsp3) is 0.538. The Labute approximate surface area is 109 Å². The van der Waals surface area contributed by atoms with Crippen molar-refractivity contribution in [1.82, 2.24) is 0 Å². The maximum atomic E-state index is 11.4. The summed E-state index contributed by atoms with van der Waals surface area (Å²) >= 11 is 0. The van der Waals surface area contributed by atoms with Crippen LogP contribution < -0.4 is 10.6 Å². The normalized spacial score (nSPS) is 20.9. The fourth-order valence-electron chi connectivity index (χ4n) is 2.62. The van der Waals surface area contributed by atoms with E-state index in [-0.39, 0.29) is 11.7 Å². The summed E-state index contributed by atoms with van der Waals surface area (Å²) in [5.41, 5.74) is 7.75. The number of nitrogens with two attached hydrogens (primary N) is 1. The first kappa shape index (κ1) is 13.2. The number of nitrogen functional groups attached to an aromatic ring is 1. The van der Waals surface area contributed by atoms with Crippen molar-refractivity contribution < 1.29 is 8.42 Å². The number of rotatable bonds is 3. The van der Waals surface area contributed by atoms with Crippen LogP contribution in [0.15, 0.2) is 24.3 Å². The Morgan fingerprint density at radius 2 is 2.11 bits per heavy atom. The standard InChI is InChI=1S/C13H20N2O2S/c1-18(16,17)10-11-5-4-8-15(9-11)13-7-3-2-6-12(13)14/h2-3,6-7,11H,4-5,8-10,14H2,1H3. The van der Waals surface area contributed by atoms with Crippen LogP contribution in [-0.2, 0) is 9.84 Å². The molecule has 100 valence electrons. The second kappa shape index (κ2) is 5.18. The number of para-hydroxylation sites is 2. The van der Waals surface area contributed by atoms with Gasteiger partial charge in [0.25, 0.3) is 0 Å². The molecule has 0 radical (unpaired) electrons. The van der Waals surface area contributed by atoms with E-state index in [2.05, 4.69) is 4.90 Å². The molecule has 0 bridgehead atoms. The molecule has 5 heteroatoms. The zero-order chi connectivity index (χ0) is 13.2. The number of piperidine rings is 1. The van der Waals surface area contributed by atoms with Crippen molar-refractivity contribution in [3.05, 3.63) is 24.3 Å². The Balaban J connectivity index is 2.10. The van der Waals surface area contributed by atoms with Crippen LogP contribution in [0.5, 0.6) is 0 Å². The van der Waals surface area contributed by atoms with Gasteiger partial charge in [0.05, 0.1) is 17.1 Å². The first-order valence-corrected chi connectivity index (χ1v) is 8.29. The molecule has 18 heavy (non-hydrogen) atoms. The van der Waals surface area contributed by atoms with Crippen molar-refractivity contribution >= 4 is 21.2 Å². The van der Waals surface area contributed by atoms with Gasteiger partial charge in [-0.3, -0.25) is 0 Å². The van der Waals surface area contributed by atoms with E-state index in [1.807, 2.05) is 24.3 Å². The molecule has 1 aliphatic heterocycles. The van der Waals surface area contributed by atoms with Crippen LogP contribution in [-0.4, -0.2) is 33.5 Å². The molecule has 0 spiro atoms. The molecular weight excluding hydrogens is 248 g/mol. The van der Waals surface area contributed by atoms with Crippen LogP contribution in [0.3, 0.4) is 0 Å². The summed E-state index contributed by atoms with van der Waals surface area (Å²) in [6, 6.07) is 7.76. The zero-order valence-corrected chi connectivity index (χ0v) is 11.5. The highest BCUT2D eigenvalue weighted by Crippen LogP contribution is 2.28. The van der Waals surface area contributed by atoms with Crippen molar-refractivity contribution in [3.8, 4) is 0 Å². The summed E-state index contributed by atoms with van der Waals surface area (Å²) in [4.78, 5) is 2.20. The monoisotopic (exact) mass is 268 g/mol. The molecule has 1 atom stereocenters. The highest BCUT2D eigenvalue weighted by molar-refractivity contribution is 7.90. The van der Waals surface area contributed by atoms with Gasteiger partial charge in [0.1, 0.15) is 9.84 Å². The predicted molar refractivity (Wildman–Crippen MR) is 75.5 cm³/mol.